The quantitative estimate of drug-likeness (QED) is 0.130. The van der Waals surface area contributed by atoms with Gasteiger partial charge in [0.1, 0.15) is 0 Å². The Bertz CT molecular complexity index is 1670. The number of aryl methyl sites for hydroxylation is 2. The molecule has 6 rings (SSSR count). The molecule has 0 nitrogen and oxygen atoms in total. The van der Waals surface area contributed by atoms with Gasteiger partial charge in [-0.05, 0) is 45.9 Å². The molecular weight excluding hydrogens is 790 g/mol. The van der Waals surface area contributed by atoms with E-state index in [-0.39, 0.29) is 61.5 Å². The first-order chi connectivity index (χ1) is 21.4. The Morgan fingerprint density at radius 2 is 0.833 bits per heavy atom. The van der Waals surface area contributed by atoms with Gasteiger partial charge >= 0.3 is 0 Å². The van der Waals surface area contributed by atoms with Crippen LogP contribution in [0.4, 0.5) is 0 Å². The summed E-state index contributed by atoms with van der Waals surface area (Å²) < 4.78 is 0. The van der Waals surface area contributed by atoms with E-state index >= 15 is 0 Å². The molecule has 0 bridgehead atoms. The van der Waals surface area contributed by atoms with E-state index in [1.165, 1.54) is 66.1 Å². The van der Waals surface area contributed by atoms with Crippen molar-refractivity contribution in [2.24, 2.45) is 0 Å². The van der Waals surface area contributed by atoms with Gasteiger partial charge in [0.05, 0.1) is 0 Å². The summed E-state index contributed by atoms with van der Waals surface area (Å²) in [5.41, 5.74) is 11.3. The van der Waals surface area contributed by atoms with Gasteiger partial charge in [0.2, 0.25) is 0 Å². The molecule has 256 valence electrons. The van der Waals surface area contributed by atoms with Gasteiger partial charge in [-0.25, -0.2) is 0 Å². The average Bonchev–Trinajstić information content (AvgIpc) is 3.67. The fraction of sp³-hybridized carbons (Fsp3) is 0.289. The SMILES string of the molecule is CCc1ccc(-c2cccc3[cH-]c(C(C)(C)C)cc23)cc1.CCc1ccc(-c2cccc3[cH-]c(C(C)(C)C)cc23)cc1.[CH2-]C[CH2-].[Cl-].[Cl-].[Hf]. The normalized spacial score (nSPS) is 10.9. The van der Waals surface area contributed by atoms with Gasteiger partial charge in [0, 0.05) is 25.8 Å². The minimum absolute atomic E-state index is 0. The van der Waals surface area contributed by atoms with Crippen LogP contribution in [-0.2, 0) is 49.5 Å². The van der Waals surface area contributed by atoms with Crippen molar-refractivity contribution < 1.29 is 50.7 Å². The zero-order valence-electron chi connectivity index (χ0n) is 30.2. The van der Waals surface area contributed by atoms with Crippen LogP contribution in [0.25, 0.3) is 43.8 Å². The first kappa shape index (κ1) is 43.6. The molecule has 0 amide bonds. The van der Waals surface area contributed by atoms with Gasteiger partial charge in [-0.1, -0.05) is 127 Å². The zero-order chi connectivity index (χ0) is 32.8. The molecule has 0 heterocycles. The minimum atomic E-state index is 0. The van der Waals surface area contributed by atoms with Crippen LogP contribution in [0, 0.1) is 13.8 Å². The van der Waals surface area contributed by atoms with Gasteiger partial charge in [-0.2, -0.15) is 12.1 Å². The van der Waals surface area contributed by atoms with Crippen molar-refractivity contribution in [1.29, 1.82) is 0 Å². The van der Waals surface area contributed by atoms with Crippen molar-refractivity contribution in [3.05, 3.63) is 145 Å². The van der Waals surface area contributed by atoms with Crippen molar-refractivity contribution in [3.63, 3.8) is 0 Å². The first-order valence-electron chi connectivity index (χ1n) is 16.6. The molecule has 0 aliphatic heterocycles. The minimum Gasteiger partial charge on any atom is -1.00 e. The fourth-order valence-electron chi connectivity index (χ4n) is 5.68. The van der Waals surface area contributed by atoms with E-state index < -0.39 is 0 Å². The van der Waals surface area contributed by atoms with Crippen molar-refractivity contribution in [2.75, 3.05) is 0 Å². The molecule has 0 saturated heterocycles. The van der Waals surface area contributed by atoms with Crippen LogP contribution in [0.2, 0.25) is 0 Å². The molecule has 0 atom stereocenters. The molecule has 0 fully saturated rings. The largest absolute Gasteiger partial charge is 1.00 e. The number of fused-ring (bicyclic) bond motifs is 2. The van der Waals surface area contributed by atoms with Crippen LogP contribution in [0.5, 0.6) is 0 Å². The third-order valence-electron chi connectivity index (χ3n) is 8.58. The molecule has 0 aromatic heterocycles. The number of benzene rings is 4. The van der Waals surface area contributed by atoms with E-state index in [4.69, 9.17) is 0 Å². The van der Waals surface area contributed by atoms with E-state index in [2.05, 4.69) is 178 Å². The molecule has 6 aromatic carbocycles. The molecule has 6 aromatic rings. The van der Waals surface area contributed by atoms with Crippen molar-refractivity contribution in [1.82, 2.24) is 0 Å². The van der Waals surface area contributed by atoms with Gasteiger partial charge in [-0.3, -0.25) is 0 Å². The summed E-state index contributed by atoms with van der Waals surface area (Å²) in [4.78, 5) is 0. The summed E-state index contributed by atoms with van der Waals surface area (Å²) in [7, 11) is 0. The average molecular weight is 842 g/mol. The van der Waals surface area contributed by atoms with E-state index in [1.807, 2.05) is 0 Å². The Morgan fingerprint density at radius 3 is 1.10 bits per heavy atom. The smallest absolute Gasteiger partial charge is 0 e. The summed E-state index contributed by atoms with van der Waals surface area (Å²) in [5.74, 6) is 0. The van der Waals surface area contributed by atoms with Crippen LogP contribution >= 0.6 is 0 Å². The van der Waals surface area contributed by atoms with Crippen molar-refractivity contribution in [3.8, 4) is 22.3 Å². The van der Waals surface area contributed by atoms with Gasteiger partial charge < -0.3 is 45.1 Å². The Balaban J connectivity index is 0.000000420. The Labute approximate surface area is 323 Å². The molecule has 48 heavy (non-hydrogen) atoms. The number of hydrogen-bond acceptors (Lipinski definition) is 0. The summed E-state index contributed by atoms with van der Waals surface area (Å²) >= 11 is 0. The topological polar surface area (TPSA) is 0 Å². The second-order valence-corrected chi connectivity index (χ2v) is 14.1. The molecular formula is C45H52Cl2Hf-6. The van der Waals surface area contributed by atoms with Crippen LogP contribution < -0.4 is 24.8 Å². The van der Waals surface area contributed by atoms with E-state index in [9.17, 15) is 0 Å². The summed E-state index contributed by atoms with van der Waals surface area (Å²) in [6.45, 7) is 24.8. The second kappa shape index (κ2) is 19.1. The summed E-state index contributed by atoms with van der Waals surface area (Å²) in [6.07, 6.45) is 2.93. The summed E-state index contributed by atoms with van der Waals surface area (Å²) in [6, 6.07) is 40.6. The van der Waals surface area contributed by atoms with Crippen LogP contribution in [-0.4, -0.2) is 0 Å². The van der Waals surface area contributed by atoms with E-state index in [1.54, 1.807) is 0 Å². The Kier molecular flexibility index (Phi) is 17.3. The first-order valence-corrected chi connectivity index (χ1v) is 16.6. The maximum absolute atomic E-state index is 3.38. The maximum atomic E-state index is 3.38. The number of rotatable bonds is 4. The maximum Gasteiger partial charge on any atom is 0 e. The standard InChI is InChI=1S/2C21H23.C3H6.2ClH.Hf/c2*1-5-15-9-11-16(12-10-15)19-8-6-7-17-13-18(14-20(17)19)21(2,3)4;1-3-2;;;/h2*6-14H,5H2,1-4H3;1-3H2;2*1H;/q2*-1;-2;;;/p-2. The van der Waals surface area contributed by atoms with Gasteiger partial charge in [0.15, 0.2) is 0 Å². The molecule has 0 saturated carbocycles. The monoisotopic (exact) mass is 842 g/mol. The predicted molar refractivity (Wildman–Crippen MR) is 201 cm³/mol. The van der Waals surface area contributed by atoms with Gasteiger partial charge in [-0.15, -0.1) is 69.1 Å². The fourth-order valence-corrected chi connectivity index (χ4v) is 5.68. The molecule has 0 radical (unpaired) electrons. The molecule has 0 N–H and O–H groups in total. The third kappa shape index (κ3) is 10.8. The second-order valence-electron chi connectivity index (χ2n) is 14.1. The number of halogens is 2. The zero-order valence-corrected chi connectivity index (χ0v) is 35.3. The molecule has 3 heteroatoms. The molecule has 0 unspecified atom stereocenters. The van der Waals surface area contributed by atoms with Crippen molar-refractivity contribution in [2.45, 2.75) is 85.5 Å². The third-order valence-corrected chi connectivity index (χ3v) is 8.58. The Morgan fingerprint density at radius 1 is 0.521 bits per heavy atom. The summed E-state index contributed by atoms with van der Waals surface area (Å²) in [5, 5.41) is 5.42. The predicted octanol–water partition coefficient (Wildman–Crippen LogP) is 7.22. The van der Waals surface area contributed by atoms with Crippen LogP contribution in [0.1, 0.15) is 84.1 Å². The molecule has 0 aliphatic rings. The Hall–Kier alpha value is -2.45. The van der Waals surface area contributed by atoms with E-state index in [0.29, 0.717) is 0 Å². The van der Waals surface area contributed by atoms with Gasteiger partial charge in [0.25, 0.3) is 0 Å². The van der Waals surface area contributed by atoms with E-state index in [0.717, 1.165) is 19.3 Å². The van der Waals surface area contributed by atoms with Crippen LogP contribution in [0.15, 0.2) is 109 Å². The number of hydrogen-bond donors (Lipinski definition) is 0. The van der Waals surface area contributed by atoms with Crippen LogP contribution in [0.3, 0.4) is 0 Å². The van der Waals surface area contributed by atoms with Crippen molar-refractivity contribution >= 4 is 21.5 Å². The molecule has 0 aliphatic carbocycles. The molecule has 0 spiro atoms.